The number of aromatic nitrogens is 1. The molecule has 0 aliphatic carbocycles. The first kappa shape index (κ1) is 18.5. The Morgan fingerprint density at radius 2 is 2.21 bits per heavy atom. The summed E-state index contributed by atoms with van der Waals surface area (Å²) < 4.78 is 0. The summed E-state index contributed by atoms with van der Waals surface area (Å²) in [5.74, 6) is 1.93. The predicted octanol–water partition coefficient (Wildman–Crippen LogP) is 2.43. The van der Waals surface area contributed by atoms with Crippen LogP contribution in [0, 0.1) is 6.92 Å². The molecule has 1 aromatic rings. The number of rotatable bonds is 6. The number of pyridine rings is 1. The van der Waals surface area contributed by atoms with Crippen molar-refractivity contribution in [3.8, 4) is 0 Å². The van der Waals surface area contributed by atoms with E-state index in [2.05, 4.69) is 46.8 Å². The van der Waals surface area contributed by atoms with Gasteiger partial charge in [-0.15, -0.1) is 24.0 Å². The number of hydrogen-bond acceptors (Lipinski definition) is 3. The van der Waals surface area contributed by atoms with Gasteiger partial charge in [0, 0.05) is 25.0 Å². The average molecular weight is 394 g/mol. The molecule has 0 radical (unpaired) electrons. The molecular formula is C13H23IN4S. The lowest BCUT2D eigenvalue weighted by atomic mass is 10.2. The number of thioether (sulfide) groups is 1. The molecule has 0 aliphatic heterocycles. The summed E-state index contributed by atoms with van der Waals surface area (Å²) in [6.45, 7) is 6.53. The molecule has 1 rings (SSSR count). The van der Waals surface area contributed by atoms with E-state index in [1.165, 1.54) is 5.56 Å². The van der Waals surface area contributed by atoms with Crippen LogP contribution in [-0.2, 0) is 6.54 Å². The van der Waals surface area contributed by atoms with Crippen molar-refractivity contribution in [1.82, 2.24) is 15.6 Å². The largest absolute Gasteiger partial charge is 0.357 e. The number of guanidine groups is 1. The molecule has 1 aromatic heterocycles. The molecule has 0 aromatic carbocycles. The van der Waals surface area contributed by atoms with Crippen LogP contribution in [0.3, 0.4) is 0 Å². The molecule has 0 aliphatic rings. The van der Waals surface area contributed by atoms with Gasteiger partial charge in [-0.05, 0) is 31.7 Å². The van der Waals surface area contributed by atoms with Gasteiger partial charge < -0.3 is 10.6 Å². The van der Waals surface area contributed by atoms with E-state index in [0.29, 0.717) is 6.54 Å². The first-order chi connectivity index (χ1) is 8.77. The molecule has 2 N–H and O–H groups in total. The fourth-order valence-corrected chi connectivity index (χ4v) is 1.76. The summed E-state index contributed by atoms with van der Waals surface area (Å²) in [4.78, 5) is 8.88. The molecule has 0 unspecified atom stereocenters. The second-order valence-corrected chi connectivity index (χ2v) is 4.87. The molecule has 0 saturated carbocycles. The molecule has 0 spiro atoms. The van der Waals surface area contributed by atoms with Crippen molar-refractivity contribution in [3.05, 3.63) is 29.6 Å². The maximum Gasteiger partial charge on any atom is 0.191 e. The van der Waals surface area contributed by atoms with Gasteiger partial charge in [-0.3, -0.25) is 4.98 Å². The van der Waals surface area contributed by atoms with Gasteiger partial charge >= 0.3 is 0 Å². The molecule has 19 heavy (non-hydrogen) atoms. The maximum atomic E-state index is 4.54. The van der Waals surface area contributed by atoms with Crippen molar-refractivity contribution in [1.29, 1.82) is 0 Å². The Hall–Kier alpha value is -0.500. The number of nitrogens with one attached hydrogen (secondary N) is 2. The van der Waals surface area contributed by atoms with E-state index in [9.17, 15) is 0 Å². The van der Waals surface area contributed by atoms with E-state index >= 15 is 0 Å². The number of halogens is 1. The zero-order chi connectivity index (χ0) is 13.2. The fourth-order valence-electron chi connectivity index (χ4n) is 1.45. The third-order valence-corrected chi connectivity index (χ3v) is 3.06. The minimum atomic E-state index is 0. The van der Waals surface area contributed by atoms with Crippen LogP contribution in [0.15, 0.2) is 23.3 Å². The van der Waals surface area contributed by atoms with Crippen LogP contribution in [0.1, 0.15) is 18.2 Å². The highest BCUT2D eigenvalue weighted by molar-refractivity contribution is 14.0. The molecule has 1 heterocycles. The third-order valence-electron chi connectivity index (χ3n) is 2.45. The lowest BCUT2D eigenvalue weighted by molar-refractivity contribution is 0.835. The SMILES string of the molecule is CCNC(=NCc1ncccc1C)NCCSC.I. The molecule has 0 fully saturated rings. The maximum absolute atomic E-state index is 4.54. The third kappa shape index (κ3) is 7.61. The van der Waals surface area contributed by atoms with Crippen LogP contribution in [0.2, 0.25) is 0 Å². The van der Waals surface area contributed by atoms with Gasteiger partial charge in [0.15, 0.2) is 5.96 Å². The number of aryl methyl sites for hydroxylation is 1. The Bertz CT molecular complexity index is 385. The van der Waals surface area contributed by atoms with Gasteiger partial charge in [-0.2, -0.15) is 11.8 Å². The number of nitrogens with zero attached hydrogens (tertiary/aromatic N) is 2. The Kier molecular flexibility index (Phi) is 11.0. The first-order valence-corrected chi connectivity index (χ1v) is 7.59. The summed E-state index contributed by atoms with van der Waals surface area (Å²) in [5, 5.41) is 6.53. The van der Waals surface area contributed by atoms with E-state index in [1.54, 1.807) is 0 Å². The van der Waals surface area contributed by atoms with Crippen molar-refractivity contribution < 1.29 is 0 Å². The topological polar surface area (TPSA) is 49.3 Å². The van der Waals surface area contributed by atoms with Gasteiger partial charge in [0.2, 0.25) is 0 Å². The van der Waals surface area contributed by atoms with Gasteiger partial charge in [-0.25, -0.2) is 4.99 Å². The first-order valence-electron chi connectivity index (χ1n) is 6.19. The van der Waals surface area contributed by atoms with Crippen molar-refractivity contribution in [2.75, 3.05) is 25.1 Å². The monoisotopic (exact) mass is 394 g/mol. The number of hydrogen-bond donors (Lipinski definition) is 2. The Balaban J connectivity index is 0.00000324. The molecule has 0 amide bonds. The standard InChI is InChI=1S/C13H22N4S.HI/c1-4-14-13(16-8-9-18-3)17-10-12-11(2)6-5-7-15-12;/h5-7H,4,8-10H2,1-3H3,(H2,14,16,17);1H. The van der Waals surface area contributed by atoms with Crippen LogP contribution in [0.25, 0.3) is 0 Å². The molecule has 4 nitrogen and oxygen atoms in total. The highest BCUT2D eigenvalue weighted by atomic mass is 127. The highest BCUT2D eigenvalue weighted by Crippen LogP contribution is 2.04. The lowest BCUT2D eigenvalue weighted by Gasteiger charge is -2.10. The van der Waals surface area contributed by atoms with Crippen LogP contribution >= 0.6 is 35.7 Å². The van der Waals surface area contributed by atoms with Crippen LogP contribution in [0.4, 0.5) is 0 Å². The summed E-state index contributed by atoms with van der Waals surface area (Å²) in [5.41, 5.74) is 2.21. The van der Waals surface area contributed by atoms with E-state index in [-0.39, 0.29) is 24.0 Å². The normalized spacial score (nSPS) is 10.8. The molecule has 6 heteroatoms. The summed E-state index contributed by atoms with van der Waals surface area (Å²) in [6.07, 6.45) is 3.91. The summed E-state index contributed by atoms with van der Waals surface area (Å²) in [7, 11) is 0. The molecule has 108 valence electrons. The average Bonchev–Trinajstić information content (AvgIpc) is 2.38. The smallest absolute Gasteiger partial charge is 0.191 e. The summed E-state index contributed by atoms with van der Waals surface area (Å²) in [6, 6.07) is 4.01. The van der Waals surface area contributed by atoms with Crippen molar-refractivity contribution in [3.63, 3.8) is 0 Å². The zero-order valence-corrected chi connectivity index (χ0v) is 14.9. The van der Waals surface area contributed by atoms with Crippen LogP contribution in [0.5, 0.6) is 0 Å². The van der Waals surface area contributed by atoms with Crippen LogP contribution < -0.4 is 10.6 Å². The van der Waals surface area contributed by atoms with E-state index < -0.39 is 0 Å². The molecule has 0 saturated heterocycles. The van der Waals surface area contributed by atoms with Gasteiger partial charge in [0.1, 0.15) is 0 Å². The second-order valence-electron chi connectivity index (χ2n) is 3.88. The molecule has 0 atom stereocenters. The Morgan fingerprint density at radius 3 is 2.84 bits per heavy atom. The second kappa shape index (κ2) is 11.3. The van der Waals surface area contributed by atoms with E-state index in [1.807, 2.05) is 24.0 Å². The quantitative estimate of drug-likeness (QED) is 0.337. The van der Waals surface area contributed by atoms with Crippen LogP contribution in [-0.4, -0.2) is 36.0 Å². The fraction of sp³-hybridized carbons (Fsp3) is 0.538. The molecule has 0 bridgehead atoms. The minimum absolute atomic E-state index is 0. The van der Waals surface area contributed by atoms with Gasteiger partial charge in [0.05, 0.1) is 12.2 Å². The van der Waals surface area contributed by atoms with Gasteiger partial charge in [-0.1, -0.05) is 6.07 Å². The van der Waals surface area contributed by atoms with E-state index in [0.717, 1.165) is 30.5 Å². The zero-order valence-electron chi connectivity index (χ0n) is 11.8. The Morgan fingerprint density at radius 1 is 1.42 bits per heavy atom. The van der Waals surface area contributed by atoms with Gasteiger partial charge in [0.25, 0.3) is 0 Å². The summed E-state index contributed by atoms with van der Waals surface area (Å²) >= 11 is 1.82. The predicted molar refractivity (Wildman–Crippen MR) is 95.6 cm³/mol. The molecular weight excluding hydrogens is 371 g/mol. The van der Waals surface area contributed by atoms with Crippen molar-refractivity contribution in [2.45, 2.75) is 20.4 Å². The van der Waals surface area contributed by atoms with E-state index in [4.69, 9.17) is 0 Å². The van der Waals surface area contributed by atoms with Crippen molar-refractivity contribution in [2.24, 2.45) is 4.99 Å². The highest BCUT2D eigenvalue weighted by Gasteiger charge is 1.99. The minimum Gasteiger partial charge on any atom is -0.357 e. The van der Waals surface area contributed by atoms with Crippen molar-refractivity contribution >= 4 is 41.7 Å². The lowest BCUT2D eigenvalue weighted by Crippen LogP contribution is -2.38. The Labute approximate surface area is 137 Å². The number of aliphatic imine (C=N–C) groups is 1.